The lowest BCUT2D eigenvalue weighted by Crippen LogP contribution is -2.71. The van der Waals surface area contributed by atoms with Gasteiger partial charge in [-0.05, 0) is 0 Å². The van der Waals surface area contributed by atoms with Crippen LogP contribution in [0.5, 0.6) is 0 Å². The lowest BCUT2D eigenvalue weighted by atomic mass is 9.93. The zero-order chi connectivity index (χ0) is 24.0. The van der Waals surface area contributed by atoms with Crippen LogP contribution in [0.25, 0.3) is 0 Å². The van der Waals surface area contributed by atoms with E-state index < -0.39 is 53.0 Å². The van der Waals surface area contributed by atoms with Gasteiger partial charge in [-0.3, -0.25) is 5.41 Å². The van der Waals surface area contributed by atoms with Gasteiger partial charge in [-0.25, -0.2) is 4.99 Å². The molecule has 0 aromatic heterocycles. The second-order valence-electron chi connectivity index (χ2n) is 5.58. The molecule has 3 nitrogen and oxygen atoms in total. The molecule has 0 heterocycles. The van der Waals surface area contributed by atoms with Crippen LogP contribution in [-0.4, -0.2) is 47.5 Å². The van der Waals surface area contributed by atoms with Crippen LogP contribution in [-0.2, 0) is 0 Å². The van der Waals surface area contributed by atoms with Crippen LogP contribution in [0, 0.1) is 5.41 Å². The average molecular weight is 465 g/mol. The van der Waals surface area contributed by atoms with E-state index >= 15 is 0 Å². The van der Waals surface area contributed by atoms with Gasteiger partial charge in [0, 0.05) is 5.56 Å². The second-order valence-corrected chi connectivity index (χ2v) is 5.58. The highest BCUT2D eigenvalue weighted by Crippen LogP contribution is 2.60. The maximum Gasteiger partial charge on any atom is 0.460 e. The average Bonchev–Trinajstić information content (AvgIpc) is 2.60. The fraction of sp³-hybridized carbons (Fsp3) is 0.429. The van der Waals surface area contributed by atoms with E-state index in [1.54, 1.807) is 0 Å². The van der Waals surface area contributed by atoms with Crippen LogP contribution in [0.2, 0.25) is 0 Å². The molecule has 3 N–H and O–H groups in total. The number of benzene rings is 1. The number of rotatable bonds is 6. The first-order chi connectivity index (χ1) is 13.2. The zero-order valence-electron chi connectivity index (χ0n) is 13.8. The molecule has 0 saturated heterocycles. The Hall–Kier alpha value is -2.55. The van der Waals surface area contributed by atoms with Crippen molar-refractivity contribution in [2.45, 2.75) is 35.8 Å². The minimum absolute atomic E-state index is 0.403. The second kappa shape index (κ2) is 7.30. The van der Waals surface area contributed by atoms with E-state index in [1.165, 1.54) is 18.2 Å². The van der Waals surface area contributed by atoms with Gasteiger partial charge in [0.15, 0.2) is 11.7 Å². The highest BCUT2D eigenvalue weighted by atomic mass is 19.4. The molecule has 0 bridgehead atoms. The van der Waals surface area contributed by atoms with E-state index in [4.69, 9.17) is 5.41 Å². The number of hydrogen-bond acceptors (Lipinski definition) is 1. The van der Waals surface area contributed by atoms with Crippen molar-refractivity contribution in [2.75, 3.05) is 0 Å². The van der Waals surface area contributed by atoms with E-state index in [0.29, 0.717) is 0 Å². The Bertz CT molecular complexity index is 812. The Balaban J connectivity index is 3.48. The summed E-state index contributed by atoms with van der Waals surface area (Å²) in [5.41, 5.74) is 4.00. The Kier molecular flexibility index (Phi) is 6.20. The number of nitrogens with two attached hydrogens (primary N) is 1. The summed E-state index contributed by atoms with van der Waals surface area (Å²) < 4.78 is 169. The predicted molar refractivity (Wildman–Crippen MR) is 75.7 cm³/mol. The highest BCUT2D eigenvalue weighted by molar-refractivity contribution is 6.06. The summed E-state index contributed by atoms with van der Waals surface area (Å²) in [6.07, 6.45) is -7.50. The van der Waals surface area contributed by atoms with Gasteiger partial charge in [0.1, 0.15) is 0 Å². The fourth-order valence-electron chi connectivity index (χ4n) is 1.78. The first-order valence-electron chi connectivity index (χ1n) is 7.10. The summed E-state index contributed by atoms with van der Waals surface area (Å²) in [5, 5.41) is 7.25. The maximum atomic E-state index is 13.7. The quantitative estimate of drug-likeness (QED) is 0.343. The molecule has 170 valence electrons. The van der Waals surface area contributed by atoms with Crippen molar-refractivity contribution in [3.8, 4) is 0 Å². The van der Waals surface area contributed by atoms with Gasteiger partial charge in [-0.15, -0.1) is 0 Å². The summed E-state index contributed by atoms with van der Waals surface area (Å²) in [6, 6.07) is 5.63. The molecule has 30 heavy (non-hydrogen) atoms. The van der Waals surface area contributed by atoms with Crippen molar-refractivity contribution in [3.63, 3.8) is 0 Å². The van der Waals surface area contributed by atoms with E-state index in [1.807, 2.05) is 0 Å². The normalized spacial score (nSPS) is 15.3. The molecule has 0 fully saturated rings. The minimum Gasteiger partial charge on any atom is -0.382 e. The Morgan fingerprint density at radius 3 is 1.47 bits per heavy atom. The SMILES string of the molecule is N=C(N=C(N)C(F)(F)C(F)(F)C(F)(F)C(F)(F)C(F)(F)C(F)(F)F)c1ccccc1. The van der Waals surface area contributed by atoms with Crippen molar-refractivity contribution >= 4 is 11.7 Å². The molecule has 0 aliphatic carbocycles. The van der Waals surface area contributed by atoms with Crippen LogP contribution >= 0.6 is 0 Å². The van der Waals surface area contributed by atoms with Crippen LogP contribution in [0.1, 0.15) is 5.56 Å². The third-order valence-electron chi connectivity index (χ3n) is 3.53. The Morgan fingerprint density at radius 2 is 1.07 bits per heavy atom. The van der Waals surface area contributed by atoms with E-state index in [9.17, 15) is 57.1 Å². The summed E-state index contributed by atoms with van der Waals surface area (Å²) in [4.78, 5) is 2.35. The maximum absolute atomic E-state index is 13.7. The first-order valence-corrected chi connectivity index (χ1v) is 7.10. The molecule has 0 aliphatic rings. The summed E-state index contributed by atoms with van der Waals surface area (Å²) >= 11 is 0. The molecular weight excluding hydrogens is 457 g/mol. The first kappa shape index (κ1) is 25.5. The van der Waals surface area contributed by atoms with E-state index in [2.05, 4.69) is 10.7 Å². The van der Waals surface area contributed by atoms with Gasteiger partial charge >= 0.3 is 35.8 Å². The third-order valence-corrected chi connectivity index (χ3v) is 3.53. The molecule has 0 amide bonds. The smallest absolute Gasteiger partial charge is 0.382 e. The van der Waals surface area contributed by atoms with Gasteiger partial charge in [-0.1, -0.05) is 30.3 Å². The molecule has 1 rings (SSSR count). The fourth-order valence-corrected chi connectivity index (χ4v) is 1.78. The Labute approximate surface area is 157 Å². The number of halogens is 13. The lowest BCUT2D eigenvalue weighted by Gasteiger charge is -2.39. The number of nitrogens with zero attached hydrogens (tertiary/aromatic N) is 1. The predicted octanol–water partition coefficient (Wildman–Crippen LogP) is 5.11. The van der Waals surface area contributed by atoms with Crippen LogP contribution in [0.4, 0.5) is 57.1 Å². The van der Waals surface area contributed by atoms with Crippen molar-refractivity contribution in [3.05, 3.63) is 35.9 Å². The minimum atomic E-state index is -8.03. The molecule has 1 aromatic rings. The van der Waals surface area contributed by atoms with Gasteiger partial charge in [0.25, 0.3) is 0 Å². The number of alkyl halides is 13. The zero-order valence-corrected chi connectivity index (χ0v) is 13.8. The molecule has 0 radical (unpaired) electrons. The largest absolute Gasteiger partial charge is 0.460 e. The molecule has 1 aromatic carbocycles. The van der Waals surface area contributed by atoms with Crippen LogP contribution < -0.4 is 5.73 Å². The molecule has 0 saturated carbocycles. The molecule has 0 atom stereocenters. The third kappa shape index (κ3) is 3.66. The summed E-state index contributed by atoms with van der Waals surface area (Å²) in [6.45, 7) is 0. The standard InChI is InChI=1S/C14H8F13N3/c15-9(16,8(29)30-7(28)6-4-2-1-3-5-6)10(17,18)11(19,20)12(21,22)13(23,24)14(25,26)27/h1-5H,(H3,28,29,30). The van der Waals surface area contributed by atoms with E-state index in [-0.39, 0.29) is 0 Å². The summed E-state index contributed by atoms with van der Waals surface area (Å²) in [5.74, 6) is -42.4. The van der Waals surface area contributed by atoms with Crippen LogP contribution in [0.3, 0.4) is 0 Å². The van der Waals surface area contributed by atoms with Crippen LogP contribution in [0.15, 0.2) is 35.3 Å². The van der Waals surface area contributed by atoms with Crippen molar-refractivity contribution in [2.24, 2.45) is 10.7 Å². The Morgan fingerprint density at radius 1 is 0.667 bits per heavy atom. The topological polar surface area (TPSA) is 62.2 Å². The van der Waals surface area contributed by atoms with E-state index in [0.717, 1.165) is 12.1 Å². The lowest BCUT2D eigenvalue weighted by molar-refractivity contribution is -0.434. The van der Waals surface area contributed by atoms with Crippen molar-refractivity contribution in [1.29, 1.82) is 5.41 Å². The van der Waals surface area contributed by atoms with Gasteiger partial charge in [-0.2, -0.15) is 57.1 Å². The molecule has 16 heteroatoms. The molecule has 0 spiro atoms. The number of aliphatic imine (C=N–C) groups is 1. The van der Waals surface area contributed by atoms with Gasteiger partial charge in [0.2, 0.25) is 0 Å². The number of hydrogen-bond donors (Lipinski definition) is 2. The number of amidine groups is 2. The highest BCUT2D eigenvalue weighted by Gasteiger charge is 2.91. The van der Waals surface area contributed by atoms with Crippen molar-refractivity contribution < 1.29 is 57.1 Å². The van der Waals surface area contributed by atoms with Crippen molar-refractivity contribution in [1.82, 2.24) is 0 Å². The summed E-state index contributed by atoms with van der Waals surface area (Å²) in [7, 11) is 0. The van der Waals surface area contributed by atoms with Gasteiger partial charge < -0.3 is 5.73 Å². The number of nitrogens with one attached hydrogen (secondary N) is 1. The molecular formula is C14H8F13N3. The van der Waals surface area contributed by atoms with Gasteiger partial charge in [0.05, 0.1) is 0 Å². The monoisotopic (exact) mass is 465 g/mol. The molecule has 0 unspecified atom stereocenters. The molecule has 0 aliphatic heterocycles.